The Morgan fingerprint density at radius 1 is 1.08 bits per heavy atom. The third-order valence-corrected chi connectivity index (χ3v) is 4.54. The number of fused-ring (bicyclic) bond motifs is 2. The van der Waals surface area contributed by atoms with Crippen molar-refractivity contribution in [2.75, 3.05) is 0 Å². The highest BCUT2D eigenvalue weighted by molar-refractivity contribution is 5.97. The normalized spacial score (nSPS) is 13.1. The van der Waals surface area contributed by atoms with Gasteiger partial charge in [-0.25, -0.2) is 14.6 Å². The predicted molar refractivity (Wildman–Crippen MR) is 96.4 cm³/mol. The number of aryl methyl sites for hydroxylation is 1. The molecule has 0 radical (unpaired) electrons. The van der Waals surface area contributed by atoms with Gasteiger partial charge in [-0.3, -0.25) is 4.98 Å². The summed E-state index contributed by atoms with van der Waals surface area (Å²) in [6, 6.07) is 10.2. The SMILES string of the molecule is Cc1ccn(-c2cc(C3=CCc4cnccc43)c3cccnc3n2)n1. The van der Waals surface area contributed by atoms with Crippen LogP contribution in [0.5, 0.6) is 0 Å². The van der Waals surface area contributed by atoms with Crippen LogP contribution in [0.25, 0.3) is 22.4 Å². The average molecular weight is 325 g/mol. The van der Waals surface area contributed by atoms with Gasteiger partial charge in [-0.1, -0.05) is 6.08 Å². The van der Waals surface area contributed by atoms with Crippen molar-refractivity contribution in [2.45, 2.75) is 13.3 Å². The lowest BCUT2D eigenvalue weighted by Gasteiger charge is -2.11. The zero-order valence-electron chi connectivity index (χ0n) is 13.7. The molecule has 4 heterocycles. The van der Waals surface area contributed by atoms with E-state index in [0.29, 0.717) is 0 Å². The summed E-state index contributed by atoms with van der Waals surface area (Å²) >= 11 is 0. The van der Waals surface area contributed by atoms with Crippen LogP contribution in [0.4, 0.5) is 0 Å². The number of hydrogen-bond donors (Lipinski definition) is 0. The number of rotatable bonds is 2. The van der Waals surface area contributed by atoms with Crippen LogP contribution in [-0.4, -0.2) is 24.7 Å². The first-order valence-electron chi connectivity index (χ1n) is 8.22. The van der Waals surface area contributed by atoms with Gasteiger partial charge in [0.15, 0.2) is 11.5 Å². The van der Waals surface area contributed by atoms with E-state index < -0.39 is 0 Å². The third-order valence-electron chi connectivity index (χ3n) is 4.54. The van der Waals surface area contributed by atoms with Crippen molar-refractivity contribution in [2.24, 2.45) is 0 Å². The molecule has 4 aromatic heterocycles. The first kappa shape index (κ1) is 14.0. The van der Waals surface area contributed by atoms with Crippen LogP contribution in [0.1, 0.15) is 22.4 Å². The van der Waals surface area contributed by atoms with E-state index in [2.05, 4.69) is 39.3 Å². The van der Waals surface area contributed by atoms with Crippen LogP contribution in [0.15, 0.2) is 61.2 Å². The molecular formula is C20H15N5. The quantitative estimate of drug-likeness (QED) is 0.566. The van der Waals surface area contributed by atoms with Gasteiger partial charge < -0.3 is 0 Å². The number of nitrogens with zero attached hydrogens (tertiary/aromatic N) is 5. The van der Waals surface area contributed by atoms with E-state index in [1.54, 1.807) is 10.9 Å². The van der Waals surface area contributed by atoms with Crippen LogP contribution in [0, 0.1) is 6.92 Å². The molecule has 0 saturated heterocycles. The van der Waals surface area contributed by atoms with E-state index >= 15 is 0 Å². The van der Waals surface area contributed by atoms with Crippen molar-refractivity contribution in [3.05, 3.63) is 83.6 Å². The molecule has 0 aromatic carbocycles. The largest absolute Gasteiger partial charge is 0.264 e. The molecule has 0 aliphatic heterocycles. The van der Waals surface area contributed by atoms with Crippen molar-refractivity contribution < 1.29 is 0 Å². The molecule has 0 unspecified atom stereocenters. The molecule has 0 spiro atoms. The van der Waals surface area contributed by atoms with E-state index in [9.17, 15) is 0 Å². The molecule has 1 aliphatic rings. The molecule has 25 heavy (non-hydrogen) atoms. The fourth-order valence-electron chi connectivity index (χ4n) is 3.36. The van der Waals surface area contributed by atoms with Gasteiger partial charge >= 0.3 is 0 Å². The van der Waals surface area contributed by atoms with Crippen molar-refractivity contribution in [3.8, 4) is 5.82 Å². The Morgan fingerprint density at radius 2 is 2.04 bits per heavy atom. The summed E-state index contributed by atoms with van der Waals surface area (Å²) in [6.45, 7) is 1.97. The summed E-state index contributed by atoms with van der Waals surface area (Å²) in [6.07, 6.45) is 10.6. The number of pyridine rings is 3. The minimum absolute atomic E-state index is 0.728. The molecule has 0 fully saturated rings. The molecule has 0 atom stereocenters. The Balaban J connectivity index is 1.78. The highest BCUT2D eigenvalue weighted by atomic mass is 15.3. The number of aromatic nitrogens is 5. The molecule has 4 aromatic rings. The maximum absolute atomic E-state index is 4.70. The Hall–Kier alpha value is -3.34. The molecular weight excluding hydrogens is 310 g/mol. The standard InChI is InChI=1S/C20H15N5/c1-13-7-10-25(24-13)19-11-18(17-3-2-8-22-20(17)23-19)16-5-4-14-12-21-9-6-15(14)16/h2-3,5-12H,4H2,1H3. The highest BCUT2D eigenvalue weighted by Crippen LogP contribution is 2.35. The highest BCUT2D eigenvalue weighted by Gasteiger charge is 2.19. The monoisotopic (exact) mass is 325 g/mol. The lowest BCUT2D eigenvalue weighted by atomic mass is 9.98. The van der Waals surface area contributed by atoms with Crippen LogP contribution in [-0.2, 0) is 6.42 Å². The van der Waals surface area contributed by atoms with Gasteiger partial charge in [-0.2, -0.15) is 5.10 Å². The lowest BCUT2D eigenvalue weighted by Crippen LogP contribution is -2.02. The molecule has 5 rings (SSSR count). The Kier molecular flexibility index (Phi) is 3.00. The van der Waals surface area contributed by atoms with Gasteiger partial charge in [0, 0.05) is 30.2 Å². The van der Waals surface area contributed by atoms with Gasteiger partial charge in [-0.05, 0) is 65.9 Å². The molecule has 120 valence electrons. The van der Waals surface area contributed by atoms with Gasteiger partial charge in [0.25, 0.3) is 0 Å². The molecule has 0 amide bonds. The first-order valence-corrected chi connectivity index (χ1v) is 8.22. The third kappa shape index (κ3) is 2.24. The zero-order valence-corrected chi connectivity index (χ0v) is 13.7. The lowest BCUT2D eigenvalue weighted by molar-refractivity contribution is 0.835. The molecule has 5 heteroatoms. The summed E-state index contributed by atoms with van der Waals surface area (Å²) in [7, 11) is 0. The second-order valence-electron chi connectivity index (χ2n) is 6.16. The minimum atomic E-state index is 0.728. The smallest absolute Gasteiger partial charge is 0.162 e. The van der Waals surface area contributed by atoms with E-state index in [0.717, 1.165) is 34.5 Å². The Morgan fingerprint density at radius 3 is 2.92 bits per heavy atom. The number of allylic oxidation sites excluding steroid dienone is 1. The van der Waals surface area contributed by atoms with E-state index in [1.165, 1.54) is 16.7 Å². The minimum Gasteiger partial charge on any atom is -0.264 e. The fourth-order valence-corrected chi connectivity index (χ4v) is 3.36. The van der Waals surface area contributed by atoms with E-state index in [4.69, 9.17) is 4.98 Å². The van der Waals surface area contributed by atoms with Crippen molar-refractivity contribution in [3.63, 3.8) is 0 Å². The molecule has 1 aliphatic carbocycles. The second-order valence-corrected chi connectivity index (χ2v) is 6.16. The molecule has 0 N–H and O–H groups in total. The first-order chi connectivity index (χ1) is 12.3. The van der Waals surface area contributed by atoms with E-state index in [-0.39, 0.29) is 0 Å². The van der Waals surface area contributed by atoms with Crippen LogP contribution >= 0.6 is 0 Å². The summed E-state index contributed by atoms with van der Waals surface area (Å²) in [4.78, 5) is 13.4. The summed E-state index contributed by atoms with van der Waals surface area (Å²) in [5.41, 5.74) is 6.51. The number of hydrogen-bond acceptors (Lipinski definition) is 4. The van der Waals surface area contributed by atoms with Gasteiger partial charge in [-0.15, -0.1) is 0 Å². The fraction of sp³-hybridized carbons (Fsp3) is 0.100. The maximum Gasteiger partial charge on any atom is 0.162 e. The van der Waals surface area contributed by atoms with Crippen molar-refractivity contribution in [1.82, 2.24) is 24.7 Å². The summed E-state index contributed by atoms with van der Waals surface area (Å²) < 4.78 is 1.80. The second kappa shape index (κ2) is 5.34. The van der Waals surface area contributed by atoms with Crippen LogP contribution in [0.3, 0.4) is 0 Å². The summed E-state index contributed by atoms with van der Waals surface area (Å²) in [5, 5.41) is 5.54. The molecule has 5 nitrogen and oxygen atoms in total. The van der Waals surface area contributed by atoms with Crippen LogP contribution in [0.2, 0.25) is 0 Å². The van der Waals surface area contributed by atoms with Gasteiger partial charge in [0.2, 0.25) is 0 Å². The van der Waals surface area contributed by atoms with Gasteiger partial charge in [0.05, 0.1) is 5.69 Å². The zero-order chi connectivity index (χ0) is 16.8. The maximum atomic E-state index is 4.70. The van der Waals surface area contributed by atoms with Crippen molar-refractivity contribution in [1.29, 1.82) is 0 Å². The topological polar surface area (TPSA) is 56.5 Å². The Labute approximate surface area is 144 Å². The molecule has 0 saturated carbocycles. The average Bonchev–Trinajstić information content (AvgIpc) is 3.27. The predicted octanol–water partition coefficient (Wildman–Crippen LogP) is 3.51. The van der Waals surface area contributed by atoms with Gasteiger partial charge in [0.1, 0.15) is 0 Å². The molecule has 0 bridgehead atoms. The van der Waals surface area contributed by atoms with E-state index in [1.807, 2.05) is 37.6 Å². The van der Waals surface area contributed by atoms with Crippen LogP contribution < -0.4 is 0 Å². The Bertz CT molecular complexity index is 1140. The van der Waals surface area contributed by atoms with Crippen molar-refractivity contribution >= 4 is 16.6 Å². The summed E-state index contributed by atoms with van der Waals surface area (Å²) in [5.74, 6) is 0.776.